The SMILES string of the molecule is Cc1nccc(CNCCc2nccs2)n1. The van der Waals surface area contributed by atoms with Crippen molar-refractivity contribution < 1.29 is 0 Å². The maximum absolute atomic E-state index is 4.32. The third kappa shape index (κ3) is 3.36. The fourth-order valence-corrected chi connectivity index (χ4v) is 2.01. The zero-order valence-corrected chi connectivity index (χ0v) is 10.00. The molecule has 16 heavy (non-hydrogen) atoms. The summed E-state index contributed by atoms with van der Waals surface area (Å²) in [5.74, 6) is 0.819. The third-order valence-corrected chi connectivity index (χ3v) is 2.98. The first-order chi connectivity index (χ1) is 7.84. The Hall–Kier alpha value is -1.33. The molecule has 0 spiro atoms. The topological polar surface area (TPSA) is 50.7 Å². The van der Waals surface area contributed by atoms with Crippen molar-refractivity contribution in [1.29, 1.82) is 0 Å². The van der Waals surface area contributed by atoms with E-state index in [-0.39, 0.29) is 0 Å². The van der Waals surface area contributed by atoms with E-state index in [1.807, 2.05) is 24.6 Å². The molecule has 4 nitrogen and oxygen atoms in total. The van der Waals surface area contributed by atoms with Gasteiger partial charge in [0.15, 0.2) is 0 Å². The minimum atomic E-state index is 0.786. The molecule has 0 aliphatic carbocycles. The second kappa shape index (κ2) is 5.67. The van der Waals surface area contributed by atoms with Crippen LogP contribution >= 0.6 is 11.3 Å². The largest absolute Gasteiger partial charge is 0.311 e. The molecule has 0 fully saturated rings. The zero-order chi connectivity index (χ0) is 11.2. The van der Waals surface area contributed by atoms with E-state index in [9.17, 15) is 0 Å². The molecule has 0 aromatic carbocycles. The summed E-state index contributed by atoms with van der Waals surface area (Å²) in [4.78, 5) is 12.6. The Balaban J connectivity index is 1.72. The van der Waals surface area contributed by atoms with Crippen molar-refractivity contribution in [3.8, 4) is 0 Å². The number of rotatable bonds is 5. The molecule has 0 radical (unpaired) electrons. The van der Waals surface area contributed by atoms with Gasteiger partial charge in [-0.1, -0.05) is 0 Å². The van der Waals surface area contributed by atoms with Crippen LogP contribution in [0.25, 0.3) is 0 Å². The first-order valence-electron chi connectivity index (χ1n) is 5.22. The molecule has 0 atom stereocenters. The maximum Gasteiger partial charge on any atom is 0.125 e. The van der Waals surface area contributed by atoms with E-state index in [0.717, 1.165) is 31.0 Å². The predicted molar refractivity (Wildman–Crippen MR) is 64.3 cm³/mol. The standard InChI is InChI=1S/C11H14N4S/c1-9-13-5-2-10(15-9)8-12-4-3-11-14-6-7-16-11/h2,5-7,12H,3-4,8H2,1H3. The van der Waals surface area contributed by atoms with Gasteiger partial charge in [0, 0.05) is 37.3 Å². The van der Waals surface area contributed by atoms with E-state index in [2.05, 4.69) is 20.3 Å². The minimum absolute atomic E-state index is 0.786. The molecule has 2 aromatic rings. The van der Waals surface area contributed by atoms with Crippen LogP contribution < -0.4 is 5.32 Å². The number of thiazole rings is 1. The van der Waals surface area contributed by atoms with Gasteiger partial charge in [0.2, 0.25) is 0 Å². The van der Waals surface area contributed by atoms with Crippen LogP contribution in [0.1, 0.15) is 16.5 Å². The molecule has 2 heterocycles. The lowest BCUT2D eigenvalue weighted by molar-refractivity contribution is 0.669. The molecule has 0 saturated heterocycles. The molecular weight excluding hydrogens is 220 g/mol. The molecular formula is C11H14N4S. The Morgan fingerprint density at radius 3 is 3.00 bits per heavy atom. The van der Waals surface area contributed by atoms with E-state index < -0.39 is 0 Å². The van der Waals surface area contributed by atoms with Gasteiger partial charge >= 0.3 is 0 Å². The Labute approximate surface area is 98.8 Å². The summed E-state index contributed by atoms with van der Waals surface area (Å²) >= 11 is 1.69. The molecule has 1 N–H and O–H groups in total. The molecule has 0 aliphatic rings. The van der Waals surface area contributed by atoms with Gasteiger partial charge in [-0.2, -0.15) is 0 Å². The van der Waals surface area contributed by atoms with Crippen LogP contribution in [0.4, 0.5) is 0 Å². The van der Waals surface area contributed by atoms with E-state index in [4.69, 9.17) is 0 Å². The van der Waals surface area contributed by atoms with E-state index >= 15 is 0 Å². The quantitative estimate of drug-likeness (QED) is 0.798. The summed E-state index contributed by atoms with van der Waals surface area (Å²) in [6.45, 7) is 3.62. The molecule has 0 unspecified atom stereocenters. The normalized spacial score (nSPS) is 10.6. The van der Waals surface area contributed by atoms with Gasteiger partial charge < -0.3 is 5.32 Å². The Kier molecular flexibility index (Phi) is 3.96. The van der Waals surface area contributed by atoms with Gasteiger partial charge in [-0.3, -0.25) is 0 Å². The Morgan fingerprint density at radius 1 is 1.31 bits per heavy atom. The molecule has 0 amide bonds. The highest BCUT2D eigenvalue weighted by atomic mass is 32.1. The first-order valence-corrected chi connectivity index (χ1v) is 6.10. The van der Waals surface area contributed by atoms with Crippen LogP contribution in [0.2, 0.25) is 0 Å². The lowest BCUT2D eigenvalue weighted by atomic mass is 10.3. The summed E-state index contributed by atoms with van der Waals surface area (Å²) in [5, 5.41) is 6.52. The number of hydrogen-bond acceptors (Lipinski definition) is 5. The van der Waals surface area contributed by atoms with Gasteiger partial charge in [-0.25, -0.2) is 15.0 Å². The second-order valence-electron chi connectivity index (χ2n) is 3.45. The number of nitrogens with zero attached hydrogens (tertiary/aromatic N) is 3. The monoisotopic (exact) mass is 234 g/mol. The van der Waals surface area contributed by atoms with Crippen molar-refractivity contribution in [2.24, 2.45) is 0 Å². The lowest BCUT2D eigenvalue weighted by Gasteiger charge is -2.03. The maximum atomic E-state index is 4.32. The summed E-state index contributed by atoms with van der Waals surface area (Å²) in [5.41, 5.74) is 1.03. The number of aryl methyl sites for hydroxylation is 1. The van der Waals surface area contributed by atoms with Gasteiger partial charge in [0.05, 0.1) is 10.7 Å². The Morgan fingerprint density at radius 2 is 2.25 bits per heavy atom. The van der Waals surface area contributed by atoms with Crippen molar-refractivity contribution in [2.45, 2.75) is 19.9 Å². The van der Waals surface area contributed by atoms with Crippen LogP contribution in [0, 0.1) is 6.92 Å². The predicted octanol–water partition coefficient (Wildman–Crippen LogP) is 1.57. The number of nitrogens with one attached hydrogen (secondary N) is 1. The Bertz CT molecular complexity index is 427. The van der Waals surface area contributed by atoms with Crippen molar-refractivity contribution >= 4 is 11.3 Å². The van der Waals surface area contributed by atoms with Gasteiger partial charge in [0.25, 0.3) is 0 Å². The van der Waals surface area contributed by atoms with Crippen LogP contribution in [0.5, 0.6) is 0 Å². The summed E-state index contributed by atoms with van der Waals surface area (Å²) in [6, 6.07) is 1.93. The van der Waals surface area contributed by atoms with Crippen LogP contribution in [0.3, 0.4) is 0 Å². The highest BCUT2D eigenvalue weighted by molar-refractivity contribution is 7.09. The second-order valence-corrected chi connectivity index (χ2v) is 4.43. The average molecular weight is 234 g/mol. The molecule has 5 heteroatoms. The fourth-order valence-electron chi connectivity index (χ4n) is 1.39. The van der Waals surface area contributed by atoms with Crippen molar-refractivity contribution in [3.63, 3.8) is 0 Å². The summed E-state index contributed by atoms with van der Waals surface area (Å²) in [7, 11) is 0. The summed E-state index contributed by atoms with van der Waals surface area (Å²) in [6.07, 6.45) is 4.61. The van der Waals surface area contributed by atoms with Gasteiger partial charge in [0.1, 0.15) is 5.82 Å². The van der Waals surface area contributed by atoms with Crippen LogP contribution in [0.15, 0.2) is 23.8 Å². The van der Waals surface area contributed by atoms with Crippen LogP contribution in [-0.4, -0.2) is 21.5 Å². The summed E-state index contributed by atoms with van der Waals surface area (Å²) < 4.78 is 0. The smallest absolute Gasteiger partial charge is 0.125 e. The van der Waals surface area contributed by atoms with Crippen molar-refractivity contribution in [2.75, 3.05) is 6.54 Å². The highest BCUT2D eigenvalue weighted by Gasteiger charge is 1.97. The van der Waals surface area contributed by atoms with E-state index in [1.165, 1.54) is 5.01 Å². The highest BCUT2D eigenvalue weighted by Crippen LogP contribution is 2.03. The molecule has 0 aliphatic heterocycles. The van der Waals surface area contributed by atoms with E-state index in [1.54, 1.807) is 17.5 Å². The first kappa shape index (κ1) is 11.2. The molecule has 84 valence electrons. The molecule has 0 bridgehead atoms. The van der Waals surface area contributed by atoms with Gasteiger partial charge in [-0.15, -0.1) is 11.3 Å². The number of aromatic nitrogens is 3. The average Bonchev–Trinajstić information content (AvgIpc) is 2.77. The molecule has 2 rings (SSSR count). The zero-order valence-electron chi connectivity index (χ0n) is 9.18. The van der Waals surface area contributed by atoms with Crippen LogP contribution in [-0.2, 0) is 13.0 Å². The van der Waals surface area contributed by atoms with Crippen molar-refractivity contribution in [3.05, 3.63) is 40.4 Å². The third-order valence-electron chi connectivity index (χ3n) is 2.14. The lowest BCUT2D eigenvalue weighted by Crippen LogP contribution is -2.17. The molecule has 0 saturated carbocycles. The molecule has 2 aromatic heterocycles. The van der Waals surface area contributed by atoms with Crippen molar-refractivity contribution in [1.82, 2.24) is 20.3 Å². The fraction of sp³-hybridized carbons (Fsp3) is 0.364. The van der Waals surface area contributed by atoms with E-state index in [0.29, 0.717) is 0 Å². The number of hydrogen-bond donors (Lipinski definition) is 1. The minimum Gasteiger partial charge on any atom is -0.311 e. The van der Waals surface area contributed by atoms with Gasteiger partial charge in [-0.05, 0) is 13.0 Å².